The number of ether oxygens (including phenoxy) is 1. The van der Waals surface area contributed by atoms with Crippen LogP contribution in [0.4, 0.5) is 0 Å². The Labute approximate surface area is 156 Å². The summed E-state index contributed by atoms with van der Waals surface area (Å²) in [6, 6.07) is 0. The van der Waals surface area contributed by atoms with Gasteiger partial charge in [0.2, 0.25) is 0 Å². The molecule has 26 heavy (non-hydrogen) atoms. The summed E-state index contributed by atoms with van der Waals surface area (Å²) in [7, 11) is 0. The van der Waals surface area contributed by atoms with Crippen molar-refractivity contribution in [3.63, 3.8) is 0 Å². The maximum absolute atomic E-state index is 10.4. The lowest BCUT2D eigenvalue weighted by Gasteiger charge is -2.16. The number of allylic oxidation sites excluding steroid dienone is 1. The minimum atomic E-state index is -0.804. The number of aliphatic carboxylic acids is 1. The van der Waals surface area contributed by atoms with Gasteiger partial charge in [-0.05, 0) is 25.7 Å². The Morgan fingerprint density at radius 2 is 2.00 bits per heavy atom. The standard InChI is InChI=1S/C20H34O6/c1-2-3-6-9-15(21)12-13-18-17(23)14-19(26-18)16(22)10-7-4-5-8-11-20(24)25/h4,7,12-13,15-19,21-23H,2-3,5-6,8-11,14H2,1H3,(H,24,25)/b7-4-,13-12+/t15-,16-,17+,18+,19+/m1/s1. The molecule has 1 aliphatic rings. The third-order valence-electron chi connectivity index (χ3n) is 4.55. The highest BCUT2D eigenvalue weighted by Crippen LogP contribution is 2.25. The van der Waals surface area contributed by atoms with Gasteiger partial charge in [0.15, 0.2) is 0 Å². The highest BCUT2D eigenvalue weighted by molar-refractivity contribution is 5.66. The fraction of sp³-hybridized carbons (Fsp3) is 0.750. The molecule has 0 bridgehead atoms. The molecule has 1 saturated heterocycles. The normalized spacial score (nSPS) is 25.9. The van der Waals surface area contributed by atoms with Crippen molar-refractivity contribution in [2.45, 2.75) is 95.2 Å². The Kier molecular flexibility index (Phi) is 11.4. The van der Waals surface area contributed by atoms with Crippen LogP contribution in [0.25, 0.3) is 0 Å². The van der Waals surface area contributed by atoms with Gasteiger partial charge in [-0.2, -0.15) is 0 Å². The molecule has 5 atom stereocenters. The first-order chi connectivity index (χ1) is 12.4. The molecule has 1 aliphatic heterocycles. The van der Waals surface area contributed by atoms with Gasteiger partial charge in [0.25, 0.3) is 0 Å². The number of aliphatic hydroxyl groups excluding tert-OH is 3. The largest absolute Gasteiger partial charge is 0.481 e. The lowest BCUT2D eigenvalue weighted by atomic mass is 10.0. The maximum Gasteiger partial charge on any atom is 0.303 e. The zero-order valence-corrected chi connectivity index (χ0v) is 15.7. The van der Waals surface area contributed by atoms with E-state index in [1.165, 1.54) is 0 Å². The van der Waals surface area contributed by atoms with E-state index in [-0.39, 0.29) is 6.42 Å². The van der Waals surface area contributed by atoms with Gasteiger partial charge in [-0.25, -0.2) is 0 Å². The van der Waals surface area contributed by atoms with Crippen molar-refractivity contribution in [1.29, 1.82) is 0 Å². The van der Waals surface area contributed by atoms with Crippen molar-refractivity contribution in [2.24, 2.45) is 0 Å². The van der Waals surface area contributed by atoms with Crippen molar-refractivity contribution >= 4 is 5.97 Å². The molecule has 0 amide bonds. The van der Waals surface area contributed by atoms with Gasteiger partial charge < -0.3 is 25.2 Å². The molecule has 6 heteroatoms. The third kappa shape index (κ3) is 9.48. The summed E-state index contributed by atoms with van der Waals surface area (Å²) < 4.78 is 5.71. The molecule has 0 spiro atoms. The van der Waals surface area contributed by atoms with Crippen LogP contribution >= 0.6 is 0 Å². The van der Waals surface area contributed by atoms with Crippen LogP contribution in [0, 0.1) is 0 Å². The molecule has 6 nitrogen and oxygen atoms in total. The van der Waals surface area contributed by atoms with Crippen LogP contribution in [0.2, 0.25) is 0 Å². The topological polar surface area (TPSA) is 107 Å². The zero-order valence-electron chi connectivity index (χ0n) is 15.7. The SMILES string of the molecule is CCCCC[C@@H](O)/C=C/[C@@H]1O[C@H]([C@H](O)C/C=C\CCCC(=O)O)C[C@@H]1O. The Morgan fingerprint density at radius 1 is 1.23 bits per heavy atom. The molecule has 150 valence electrons. The number of carbonyl (C=O) groups is 1. The molecule has 0 aromatic heterocycles. The average molecular weight is 370 g/mol. The summed E-state index contributed by atoms with van der Waals surface area (Å²) in [4.78, 5) is 10.4. The van der Waals surface area contributed by atoms with E-state index >= 15 is 0 Å². The van der Waals surface area contributed by atoms with Gasteiger partial charge in [0.05, 0.1) is 24.4 Å². The second kappa shape index (κ2) is 13.0. The molecule has 0 radical (unpaired) electrons. The summed E-state index contributed by atoms with van der Waals surface area (Å²) in [5.41, 5.74) is 0. The molecule has 4 N–H and O–H groups in total. The van der Waals surface area contributed by atoms with E-state index in [0.29, 0.717) is 32.1 Å². The molecular formula is C20H34O6. The van der Waals surface area contributed by atoms with Crippen molar-refractivity contribution in [3.05, 3.63) is 24.3 Å². The fourth-order valence-corrected chi connectivity index (χ4v) is 2.96. The highest BCUT2D eigenvalue weighted by atomic mass is 16.5. The van der Waals surface area contributed by atoms with E-state index in [1.54, 1.807) is 12.2 Å². The van der Waals surface area contributed by atoms with Crippen LogP contribution in [-0.4, -0.2) is 56.9 Å². The first-order valence-electron chi connectivity index (χ1n) is 9.68. The van der Waals surface area contributed by atoms with Gasteiger partial charge in [0.1, 0.15) is 6.10 Å². The van der Waals surface area contributed by atoms with Gasteiger partial charge in [-0.3, -0.25) is 4.79 Å². The lowest BCUT2D eigenvalue weighted by Crippen LogP contribution is -2.25. The number of aliphatic hydroxyl groups is 3. The molecular weight excluding hydrogens is 336 g/mol. The molecule has 0 aromatic rings. The van der Waals surface area contributed by atoms with E-state index in [0.717, 1.165) is 19.3 Å². The molecule has 1 rings (SSSR count). The number of rotatable bonds is 13. The quantitative estimate of drug-likeness (QED) is 0.293. The smallest absolute Gasteiger partial charge is 0.303 e. The zero-order chi connectivity index (χ0) is 19.4. The summed E-state index contributed by atoms with van der Waals surface area (Å²) in [5, 5.41) is 38.7. The van der Waals surface area contributed by atoms with E-state index in [4.69, 9.17) is 9.84 Å². The Balaban J connectivity index is 2.30. The van der Waals surface area contributed by atoms with E-state index in [2.05, 4.69) is 6.92 Å². The Bertz CT molecular complexity index is 448. The molecule has 1 heterocycles. The number of unbranched alkanes of at least 4 members (excludes halogenated alkanes) is 3. The molecule has 0 unspecified atom stereocenters. The van der Waals surface area contributed by atoms with E-state index < -0.39 is 36.5 Å². The van der Waals surface area contributed by atoms with Gasteiger partial charge >= 0.3 is 5.97 Å². The van der Waals surface area contributed by atoms with E-state index in [9.17, 15) is 20.1 Å². The summed E-state index contributed by atoms with van der Waals surface area (Å²) in [6.07, 6.45) is 10.2. The van der Waals surface area contributed by atoms with Crippen LogP contribution in [-0.2, 0) is 9.53 Å². The predicted molar refractivity (Wildman–Crippen MR) is 99.8 cm³/mol. The first-order valence-corrected chi connectivity index (χ1v) is 9.68. The second-order valence-corrected chi connectivity index (χ2v) is 6.95. The molecule has 0 aliphatic carbocycles. The molecule has 1 fully saturated rings. The van der Waals surface area contributed by atoms with Crippen molar-refractivity contribution in [1.82, 2.24) is 0 Å². The summed E-state index contributed by atoms with van der Waals surface area (Å²) in [6.45, 7) is 2.11. The van der Waals surface area contributed by atoms with E-state index in [1.807, 2.05) is 12.2 Å². The van der Waals surface area contributed by atoms with Crippen molar-refractivity contribution in [3.8, 4) is 0 Å². The molecule has 0 aromatic carbocycles. The van der Waals surface area contributed by atoms with Crippen molar-refractivity contribution in [2.75, 3.05) is 0 Å². The van der Waals surface area contributed by atoms with Crippen LogP contribution < -0.4 is 0 Å². The minimum absolute atomic E-state index is 0.142. The lowest BCUT2D eigenvalue weighted by molar-refractivity contribution is -0.137. The Morgan fingerprint density at radius 3 is 2.69 bits per heavy atom. The highest BCUT2D eigenvalue weighted by Gasteiger charge is 2.35. The number of carboxylic acid groups (broad SMARTS) is 1. The first kappa shape index (κ1) is 22.8. The van der Waals surface area contributed by atoms with Crippen LogP contribution in [0.1, 0.15) is 64.7 Å². The van der Waals surface area contributed by atoms with Crippen LogP contribution in [0.15, 0.2) is 24.3 Å². The second-order valence-electron chi connectivity index (χ2n) is 6.95. The maximum atomic E-state index is 10.4. The third-order valence-corrected chi connectivity index (χ3v) is 4.55. The fourth-order valence-electron chi connectivity index (χ4n) is 2.96. The van der Waals surface area contributed by atoms with Crippen molar-refractivity contribution < 1.29 is 30.0 Å². The van der Waals surface area contributed by atoms with Gasteiger partial charge in [0, 0.05) is 12.8 Å². The predicted octanol–water partition coefficient (Wildman–Crippen LogP) is 2.56. The number of hydrogen-bond donors (Lipinski definition) is 4. The van der Waals surface area contributed by atoms with Crippen LogP contribution in [0.3, 0.4) is 0 Å². The average Bonchev–Trinajstić information content (AvgIpc) is 2.97. The monoisotopic (exact) mass is 370 g/mol. The number of hydrogen-bond acceptors (Lipinski definition) is 5. The minimum Gasteiger partial charge on any atom is -0.481 e. The van der Waals surface area contributed by atoms with Gasteiger partial charge in [-0.1, -0.05) is 50.5 Å². The molecule has 0 saturated carbocycles. The summed E-state index contributed by atoms with van der Waals surface area (Å²) >= 11 is 0. The number of carboxylic acids is 1. The van der Waals surface area contributed by atoms with Gasteiger partial charge in [-0.15, -0.1) is 0 Å². The Hall–Kier alpha value is -1.21. The van der Waals surface area contributed by atoms with Crippen LogP contribution in [0.5, 0.6) is 0 Å². The summed E-state index contributed by atoms with van der Waals surface area (Å²) in [5.74, 6) is -0.804.